The van der Waals surface area contributed by atoms with Crippen LogP contribution < -0.4 is 0 Å². The van der Waals surface area contributed by atoms with E-state index in [0.717, 1.165) is 101 Å². The van der Waals surface area contributed by atoms with Crippen LogP contribution >= 0.6 is 0 Å². The number of furan rings is 1. The van der Waals surface area contributed by atoms with E-state index in [-0.39, 0.29) is 0 Å². The fraction of sp³-hybridized carbons (Fsp3) is 0.0339. The molecule has 0 aliphatic heterocycles. The Hall–Kier alpha value is -8.41. The minimum absolute atomic E-state index is 0.605. The zero-order valence-electron chi connectivity index (χ0n) is 34.7. The first-order valence-electron chi connectivity index (χ1n) is 21.9. The molecule has 64 heavy (non-hydrogen) atoms. The molecule has 0 spiro atoms. The number of hydrogen-bond donors (Lipinski definition) is 0. The molecule has 0 saturated carbocycles. The average Bonchev–Trinajstić information content (AvgIpc) is 3.92. The Labute approximate surface area is 368 Å². The molecule has 0 unspecified atom stereocenters. The van der Waals surface area contributed by atoms with Crippen LogP contribution in [0.1, 0.15) is 18.7 Å². The van der Waals surface area contributed by atoms with Gasteiger partial charge in [-0.15, -0.1) is 0 Å². The van der Waals surface area contributed by atoms with Gasteiger partial charge >= 0.3 is 0 Å². The van der Waals surface area contributed by atoms with E-state index in [4.69, 9.17) is 19.4 Å². The van der Waals surface area contributed by atoms with Gasteiger partial charge in [0.15, 0.2) is 17.5 Å². The monoisotopic (exact) mass is 818 g/mol. The molecule has 0 radical (unpaired) electrons. The van der Waals surface area contributed by atoms with Crippen LogP contribution in [0.15, 0.2) is 211 Å². The molecule has 0 amide bonds. The SMILES string of the molecule is C1=CC(c2nc(-c3cccc(-c4ccccc4)c3)nc(-c3ccc(-n4c5ccccc5c5cc6ccccc6cc54)cc3-c3cc4ccccc4c4oc5ccccc5c34)n2)=CCC1. The quantitative estimate of drug-likeness (QED) is 0.168. The molecular formula is C59H38N4O. The molecule has 5 heteroatoms. The number of hydrogen-bond acceptors (Lipinski definition) is 4. The van der Waals surface area contributed by atoms with E-state index in [1.807, 2.05) is 12.1 Å². The predicted molar refractivity (Wildman–Crippen MR) is 265 cm³/mol. The van der Waals surface area contributed by atoms with Gasteiger partial charge in [-0.1, -0.05) is 152 Å². The summed E-state index contributed by atoms with van der Waals surface area (Å²) in [6.45, 7) is 0. The van der Waals surface area contributed by atoms with Crippen molar-refractivity contribution >= 4 is 70.9 Å². The number of para-hydroxylation sites is 2. The Morgan fingerprint density at radius 1 is 0.422 bits per heavy atom. The lowest BCUT2D eigenvalue weighted by Crippen LogP contribution is -2.04. The Balaban J connectivity index is 1.12. The Morgan fingerprint density at radius 3 is 1.98 bits per heavy atom. The molecule has 0 fully saturated rings. The van der Waals surface area contributed by atoms with E-state index >= 15 is 0 Å². The van der Waals surface area contributed by atoms with Crippen molar-refractivity contribution in [1.82, 2.24) is 19.5 Å². The van der Waals surface area contributed by atoms with Gasteiger partial charge in [-0.2, -0.15) is 0 Å². The maximum Gasteiger partial charge on any atom is 0.164 e. The van der Waals surface area contributed by atoms with Crippen LogP contribution in [-0.2, 0) is 0 Å². The van der Waals surface area contributed by atoms with Crippen LogP contribution in [0.3, 0.4) is 0 Å². The molecule has 0 atom stereocenters. The number of fused-ring (bicyclic) bond motifs is 9. The molecule has 13 rings (SSSR count). The zero-order valence-corrected chi connectivity index (χ0v) is 34.7. The Morgan fingerprint density at radius 2 is 1.12 bits per heavy atom. The molecule has 300 valence electrons. The lowest BCUT2D eigenvalue weighted by atomic mass is 9.91. The van der Waals surface area contributed by atoms with Crippen molar-refractivity contribution in [2.75, 3.05) is 0 Å². The number of nitrogens with zero attached hydrogens (tertiary/aromatic N) is 4. The van der Waals surface area contributed by atoms with E-state index in [1.54, 1.807) is 0 Å². The summed E-state index contributed by atoms with van der Waals surface area (Å²) in [4.78, 5) is 16.0. The first-order chi connectivity index (χ1) is 31.7. The summed E-state index contributed by atoms with van der Waals surface area (Å²) in [5.41, 5.74) is 12.2. The topological polar surface area (TPSA) is 56.7 Å². The van der Waals surface area contributed by atoms with Gasteiger partial charge in [-0.25, -0.2) is 15.0 Å². The first kappa shape index (κ1) is 36.3. The highest BCUT2D eigenvalue weighted by Gasteiger charge is 2.23. The predicted octanol–water partition coefficient (Wildman–Crippen LogP) is 15.6. The lowest BCUT2D eigenvalue weighted by Gasteiger charge is -2.17. The van der Waals surface area contributed by atoms with Gasteiger partial charge in [0.05, 0.1) is 11.0 Å². The lowest BCUT2D eigenvalue weighted by molar-refractivity contribution is 0.673. The van der Waals surface area contributed by atoms with Crippen molar-refractivity contribution in [3.8, 4) is 50.7 Å². The minimum atomic E-state index is 0.605. The van der Waals surface area contributed by atoms with Crippen molar-refractivity contribution in [1.29, 1.82) is 0 Å². The zero-order chi connectivity index (χ0) is 42.1. The molecule has 0 N–H and O–H groups in total. The van der Waals surface area contributed by atoms with E-state index in [2.05, 4.69) is 199 Å². The summed E-state index contributed by atoms with van der Waals surface area (Å²) in [5.74, 6) is 1.89. The second-order valence-electron chi connectivity index (χ2n) is 16.6. The summed E-state index contributed by atoms with van der Waals surface area (Å²) in [6.07, 6.45) is 8.52. The molecule has 1 aliphatic carbocycles. The van der Waals surface area contributed by atoms with Crippen molar-refractivity contribution in [2.24, 2.45) is 0 Å². The maximum atomic E-state index is 6.79. The Bertz CT molecular complexity index is 3910. The summed E-state index contributed by atoms with van der Waals surface area (Å²) in [6, 6.07) is 67.0. The van der Waals surface area contributed by atoms with Gasteiger partial charge in [0.1, 0.15) is 11.2 Å². The third kappa shape index (κ3) is 5.89. The number of rotatable bonds is 6. The largest absolute Gasteiger partial charge is 0.455 e. The number of benzene rings is 9. The Kier molecular flexibility index (Phi) is 8.28. The van der Waals surface area contributed by atoms with Crippen molar-refractivity contribution in [3.05, 3.63) is 212 Å². The van der Waals surface area contributed by atoms with Gasteiger partial charge < -0.3 is 8.98 Å². The van der Waals surface area contributed by atoms with Crippen LogP contribution in [0.4, 0.5) is 0 Å². The highest BCUT2D eigenvalue weighted by Crippen LogP contribution is 2.45. The highest BCUT2D eigenvalue weighted by molar-refractivity contribution is 6.22. The minimum Gasteiger partial charge on any atom is -0.455 e. The summed E-state index contributed by atoms with van der Waals surface area (Å²) < 4.78 is 9.20. The molecule has 0 saturated heterocycles. The van der Waals surface area contributed by atoms with Gasteiger partial charge in [-0.05, 0) is 106 Å². The number of aromatic nitrogens is 4. The van der Waals surface area contributed by atoms with E-state index in [0.29, 0.717) is 17.5 Å². The average molecular weight is 819 g/mol. The second-order valence-corrected chi connectivity index (χ2v) is 16.6. The third-order valence-corrected chi connectivity index (χ3v) is 12.8. The molecule has 3 aromatic heterocycles. The van der Waals surface area contributed by atoms with Crippen molar-refractivity contribution in [3.63, 3.8) is 0 Å². The molecule has 1 aliphatic rings. The third-order valence-electron chi connectivity index (χ3n) is 12.8. The summed E-state index contributed by atoms with van der Waals surface area (Å²) >= 11 is 0. The van der Waals surface area contributed by atoms with Crippen molar-refractivity contribution in [2.45, 2.75) is 12.8 Å². The normalized spacial score (nSPS) is 12.9. The summed E-state index contributed by atoms with van der Waals surface area (Å²) in [5, 5.41) is 9.13. The van der Waals surface area contributed by atoms with E-state index < -0.39 is 0 Å². The van der Waals surface area contributed by atoms with Gasteiger partial charge in [0.25, 0.3) is 0 Å². The second kappa shape index (κ2) is 14.6. The standard InChI is InChI=1S/C59H38N4O/c1-3-16-37(17-4-1)39-23-15-24-43(32-39)58-60-57(38-18-5-2-6-19-38)61-59(62-58)47-31-30-44(63-52-28-13-11-26-46(52)50-33-40-20-7-8-21-41(40)35-53(50)63)36-49(47)51-34-42-22-9-10-25-45(42)56-55(51)48-27-12-14-29-54(48)64-56/h1,3-5,7-36H,2,6H2. The number of allylic oxidation sites excluding steroid dienone is 4. The molecule has 12 aromatic rings. The smallest absolute Gasteiger partial charge is 0.164 e. The maximum absolute atomic E-state index is 6.79. The van der Waals surface area contributed by atoms with Crippen LogP contribution in [0.2, 0.25) is 0 Å². The highest BCUT2D eigenvalue weighted by atomic mass is 16.3. The van der Waals surface area contributed by atoms with Crippen LogP contribution in [0, 0.1) is 0 Å². The van der Waals surface area contributed by atoms with Crippen LogP contribution in [0.25, 0.3) is 122 Å². The molecule has 3 heterocycles. The van der Waals surface area contributed by atoms with E-state index in [1.165, 1.54) is 21.5 Å². The van der Waals surface area contributed by atoms with Crippen LogP contribution in [0.5, 0.6) is 0 Å². The molecule has 5 nitrogen and oxygen atoms in total. The first-order valence-corrected chi connectivity index (χ1v) is 21.9. The summed E-state index contributed by atoms with van der Waals surface area (Å²) in [7, 11) is 0. The molecular weight excluding hydrogens is 781 g/mol. The molecule has 9 aromatic carbocycles. The van der Waals surface area contributed by atoms with Gasteiger partial charge in [0.2, 0.25) is 0 Å². The van der Waals surface area contributed by atoms with Crippen LogP contribution in [-0.4, -0.2) is 19.5 Å². The fourth-order valence-electron chi connectivity index (χ4n) is 9.80. The molecule has 0 bridgehead atoms. The van der Waals surface area contributed by atoms with E-state index in [9.17, 15) is 0 Å². The van der Waals surface area contributed by atoms with Gasteiger partial charge in [-0.3, -0.25) is 0 Å². The fourth-order valence-corrected chi connectivity index (χ4v) is 9.80. The van der Waals surface area contributed by atoms with Gasteiger partial charge in [0, 0.05) is 49.3 Å². The van der Waals surface area contributed by atoms with Crippen molar-refractivity contribution < 1.29 is 4.42 Å².